The molecule has 0 bridgehead atoms. The minimum Gasteiger partial charge on any atom is -0.479 e. The number of nitrogens with zero attached hydrogens (tertiary/aromatic N) is 3. The van der Waals surface area contributed by atoms with E-state index in [2.05, 4.69) is 4.90 Å². The van der Waals surface area contributed by atoms with Crippen LogP contribution in [0.1, 0.15) is 37.0 Å². The fraction of sp³-hybridized carbons (Fsp3) is 0.550. The van der Waals surface area contributed by atoms with Crippen molar-refractivity contribution >= 4 is 23.3 Å². The van der Waals surface area contributed by atoms with Crippen LogP contribution in [0.3, 0.4) is 0 Å². The van der Waals surface area contributed by atoms with Gasteiger partial charge in [-0.1, -0.05) is 6.92 Å². The Morgan fingerprint density at radius 3 is 2.56 bits per heavy atom. The molecule has 1 unspecified atom stereocenters. The summed E-state index contributed by atoms with van der Waals surface area (Å²) in [5, 5.41) is 0. The van der Waals surface area contributed by atoms with Crippen molar-refractivity contribution in [3.05, 3.63) is 23.8 Å². The van der Waals surface area contributed by atoms with Crippen LogP contribution in [0.2, 0.25) is 0 Å². The molecule has 1 aromatic carbocycles. The smallest absolute Gasteiger partial charge is 0.268 e. The van der Waals surface area contributed by atoms with Gasteiger partial charge in [0.15, 0.2) is 11.9 Å². The number of hydrogen-bond donors (Lipinski definition) is 0. The predicted molar refractivity (Wildman–Crippen MR) is 102 cm³/mol. The van der Waals surface area contributed by atoms with Crippen LogP contribution in [0.15, 0.2) is 18.2 Å². The second kappa shape index (κ2) is 8.08. The van der Waals surface area contributed by atoms with Gasteiger partial charge in [0.25, 0.3) is 5.91 Å². The second-order valence-electron chi connectivity index (χ2n) is 7.22. The largest absolute Gasteiger partial charge is 0.479 e. The Bertz CT molecular complexity index is 741. The van der Waals surface area contributed by atoms with Gasteiger partial charge >= 0.3 is 0 Å². The normalized spacial score (nSPS) is 20.3. The summed E-state index contributed by atoms with van der Waals surface area (Å²) < 4.78 is 5.68. The molecule has 2 heterocycles. The Kier molecular flexibility index (Phi) is 5.79. The highest BCUT2D eigenvalue weighted by Gasteiger charge is 2.34. The van der Waals surface area contributed by atoms with E-state index < -0.39 is 6.10 Å². The Hall–Kier alpha value is -2.41. The molecule has 0 aliphatic carbocycles. The molecule has 0 aromatic heterocycles. The molecule has 1 aromatic rings. The zero-order valence-electron chi connectivity index (χ0n) is 16.2. The van der Waals surface area contributed by atoms with E-state index in [1.165, 1.54) is 4.90 Å². The molecule has 1 atom stereocenters. The molecular formula is C20H27N3O4. The first kappa shape index (κ1) is 19.4. The first-order chi connectivity index (χ1) is 12.9. The predicted octanol–water partition coefficient (Wildman–Crippen LogP) is 1.56. The van der Waals surface area contributed by atoms with Gasteiger partial charge in [-0.15, -0.1) is 0 Å². The fourth-order valence-corrected chi connectivity index (χ4v) is 3.41. The molecule has 3 rings (SSSR count). The number of piperazine rings is 1. The van der Waals surface area contributed by atoms with Crippen LogP contribution in [0, 0.1) is 0 Å². The molecule has 2 aliphatic rings. The van der Waals surface area contributed by atoms with Gasteiger partial charge in [0, 0.05) is 38.2 Å². The van der Waals surface area contributed by atoms with Crippen LogP contribution in [-0.4, -0.2) is 73.3 Å². The number of fused-ring (bicyclic) bond motifs is 1. The van der Waals surface area contributed by atoms with Crippen LogP contribution in [-0.2, 0) is 9.59 Å². The number of carbonyl (C=O) groups is 3. The maximum atomic E-state index is 12.8. The summed E-state index contributed by atoms with van der Waals surface area (Å²) in [6, 6.07) is 5.11. The number of ether oxygens (including phenoxy) is 1. The maximum absolute atomic E-state index is 12.8. The maximum Gasteiger partial charge on any atom is 0.268 e. The van der Waals surface area contributed by atoms with Gasteiger partial charge in [-0.25, -0.2) is 0 Å². The highest BCUT2D eigenvalue weighted by molar-refractivity contribution is 6.05. The molecule has 146 valence electrons. The number of likely N-dealkylation sites (N-methyl/N-ethyl adjacent to an activating group) is 1. The zero-order valence-corrected chi connectivity index (χ0v) is 16.2. The lowest BCUT2D eigenvalue weighted by Crippen LogP contribution is -2.53. The molecule has 2 amide bonds. The lowest BCUT2D eigenvalue weighted by molar-refractivity contribution is -0.134. The Morgan fingerprint density at radius 1 is 1.19 bits per heavy atom. The van der Waals surface area contributed by atoms with Crippen molar-refractivity contribution in [2.24, 2.45) is 0 Å². The van der Waals surface area contributed by atoms with Crippen LogP contribution in [0.25, 0.3) is 0 Å². The van der Waals surface area contributed by atoms with Crippen molar-refractivity contribution < 1.29 is 19.1 Å². The quantitative estimate of drug-likeness (QED) is 0.733. The monoisotopic (exact) mass is 373 g/mol. The molecule has 0 spiro atoms. The third-order valence-electron chi connectivity index (χ3n) is 5.12. The molecular weight excluding hydrogens is 346 g/mol. The van der Waals surface area contributed by atoms with Gasteiger partial charge < -0.3 is 14.5 Å². The number of Topliss-reactive ketones (excluding diaryl/α,β-unsaturated/α-hetero) is 1. The minimum atomic E-state index is -0.657. The number of amides is 2. The summed E-state index contributed by atoms with van der Waals surface area (Å²) >= 11 is 0. The molecule has 0 radical (unpaired) electrons. The highest BCUT2D eigenvalue weighted by Crippen LogP contribution is 2.35. The minimum absolute atomic E-state index is 0.0247. The fourth-order valence-electron chi connectivity index (χ4n) is 3.41. The van der Waals surface area contributed by atoms with E-state index in [-0.39, 0.29) is 24.1 Å². The third-order valence-corrected chi connectivity index (χ3v) is 5.12. The van der Waals surface area contributed by atoms with Crippen molar-refractivity contribution in [3.8, 4) is 5.75 Å². The highest BCUT2D eigenvalue weighted by atomic mass is 16.5. The van der Waals surface area contributed by atoms with Gasteiger partial charge in [-0.3, -0.25) is 19.3 Å². The van der Waals surface area contributed by atoms with Crippen molar-refractivity contribution in [2.75, 3.05) is 44.7 Å². The molecule has 1 saturated heterocycles. The number of ketones is 1. The van der Waals surface area contributed by atoms with Crippen molar-refractivity contribution in [3.63, 3.8) is 0 Å². The molecule has 0 saturated carbocycles. The number of rotatable bonds is 5. The third kappa shape index (κ3) is 4.13. The average molecular weight is 373 g/mol. The Labute approximate surface area is 159 Å². The summed E-state index contributed by atoms with van der Waals surface area (Å²) in [7, 11) is 2.03. The topological polar surface area (TPSA) is 70.2 Å². The van der Waals surface area contributed by atoms with Crippen molar-refractivity contribution in [1.29, 1.82) is 0 Å². The van der Waals surface area contributed by atoms with Crippen LogP contribution < -0.4 is 9.64 Å². The van der Waals surface area contributed by atoms with E-state index in [4.69, 9.17) is 4.74 Å². The number of carbonyl (C=O) groups excluding carboxylic acids is 3. The van der Waals surface area contributed by atoms with E-state index in [1.54, 1.807) is 30.0 Å². The van der Waals surface area contributed by atoms with Gasteiger partial charge in [0.1, 0.15) is 12.3 Å². The zero-order chi connectivity index (χ0) is 19.6. The summed E-state index contributed by atoms with van der Waals surface area (Å²) in [5.74, 6) is 0.213. The van der Waals surface area contributed by atoms with E-state index in [1.807, 2.05) is 14.0 Å². The van der Waals surface area contributed by atoms with Gasteiger partial charge in [0.2, 0.25) is 5.91 Å². The van der Waals surface area contributed by atoms with Crippen LogP contribution in [0.5, 0.6) is 5.75 Å². The average Bonchev–Trinajstić information content (AvgIpc) is 2.65. The van der Waals surface area contributed by atoms with Crippen LogP contribution in [0.4, 0.5) is 5.69 Å². The SMILES string of the molecule is CCCC(=O)c1ccc2c(c1)N(CC(=O)N1CCN(C)CC1)C(=O)C(C)O2. The first-order valence-corrected chi connectivity index (χ1v) is 9.52. The Balaban J connectivity index is 1.84. The molecule has 7 nitrogen and oxygen atoms in total. The lowest BCUT2D eigenvalue weighted by Gasteiger charge is -2.36. The van der Waals surface area contributed by atoms with Gasteiger partial charge in [0.05, 0.1) is 5.69 Å². The summed E-state index contributed by atoms with van der Waals surface area (Å²) in [6.07, 6.45) is 0.549. The number of hydrogen-bond acceptors (Lipinski definition) is 5. The molecule has 27 heavy (non-hydrogen) atoms. The molecule has 1 fully saturated rings. The van der Waals surface area contributed by atoms with Gasteiger partial charge in [-0.05, 0) is 38.6 Å². The first-order valence-electron chi connectivity index (χ1n) is 9.52. The second-order valence-corrected chi connectivity index (χ2v) is 7.22. The molecule has 7 heteroatoms. The number of benzene rings is 1. The van der Waals surface area contributed by atoms with E-state index >= 15 is 0 Å². The van der Waals surface area contributed by atoms with E-state index in [0.717, 1.165) is 19.5 Å². The Morgan fingerprint density at radius 2 is 1.89 bits per heavy atom. The van der Waals surface area contributed by atoms with Crippen molar-refractivity contribution in [1.82, 2.24) is 9.80 Å². The van der Waals surface area contributed by atoms with Crippen molar-refractivity contribution in [2.45, 2.75) is 32.8 Å². The number of anilines is 1. The lowest BCUT2D eigenvalue weighted by atomic mass is 10.0. The standard InChI is InChI=1S/C20H27N3O4/c1-4-5-17(24)15-6-7-18-16(12-15)23(20(26)14(2)27-18)13-19(25)22-10-8-21(3)9-11-22/h6-7,12,14H,4-5,8-11,13H2,1-3H3. The summed E-state index contributed by atoms with van der Waals surface area (Å²) in [6.45, 7) is 6.56. The summed E-state index contributed by atoms with van der Waals surface area (Å²) in [5.41, 5.74) is 1.04. The van der Waals surface area contributed by atoms with Gasteiger partial charge in [-0.2, -0.15) is 0 Å². The van der Waals surface area contributed by atoms with Crippen LogP contribution >= 0.6 is 0 Å². The van der Waals surface area contributed by atoms with E-state index in [0.29, 0.717) is 36.5 Å². The van der Waals surface area contributed by atoms with E-state index in [9.17, 15) is 14.4 Å². The molecule has 2 aliphatic heterocycles. The molecule has 0 N–H and O–H groups in total. The summed E-state index contributed by atoms with van der Waals surface area (Å²) in [4.78, 5) is 43.2.